The minimum Gasteiger partial charge on any atom is -0.339 e. The normalized spacial score (nSPS) is 18.1. The van der Waals surface area contributed by atoms with E-state index in [1.807, 2.05) is 0 Å². The van der Waals surface area contributed by atoms with Gasteiger partial charge in [0, 0.05) is 41.6 Å². The van der Waals surface area contributed by atoms with Gasteiger partial charge in [-0.05, 0) is 62.4 Å². The number of amides is 1. The van der Waals surface area contributed by atoms with E-state index in [0.29, 0.717) is 47.3 Å². The molecule has 0 spiro atoms. The van der Waals surface area contributed by atoms with E-state index in [9.17, 15) is 17.6 Å². The molecule has 3 heterocycles. The van der Waals surface area contributed by atoms with E-state index in [-0.39, 0.29) is 34.9 Å². The summed E-state index contributed by atoms with van der Waals surface area (Å²) in [6.07, 6.45) is 4.08. The number of sulfonamides is 1. The van der Waals surface area contributed by atoms with Crippen LogP contribution in [0.2, 0.25) is 0 Å². The van der Waals surface area contributed by atoms with E-state index in [1.54, 1.807) is 18.4 Å². The summed E-state index contributed by atoms with van der Waals surface area (Å²) in [4.78, 5) is 17.1. The van der Waals surface area contributed by atoms with E-state index in [0.717, 1.165) is 30.6 Å². The topological polar surface area (TPSA) is 105 Å². The molecule has 2 aromatic heterocycles. The summed E-state index contributed by atoms with van der Waals surface area (Å²) in [5, 5.41) is 8.59. The Balaban J connectivity index is 1.21. The highest BCUT2D eigenvalue weighted by Crippen LogP contribution is 2.37. The maximum absolute atomic E-state index is 13.3. The molecule has 1 aromatic carbocycles. The zero-order chi connectivity index (χ0) is 23.9. The van der Waals surface area contributed by atoms with E-state index in [4.69, 9.17) is 4.52 Å². The van der Waals surface area contributed by atoms with Crippen molar-refractivity contribution in [2.24, 2.45) is 5.92 Å². The molecular formula is C23H25FN4O4S2. The molecule has 8 nitrogen and oxygen atoms in total. The Morgan fingerprint density at radius 2 is 1.97 bits per heavy atom. The molecule has 11 heteroatoms. The number of thiophene rings is 1. The largest absolute Gasteiger partial charge is 0.339 e. The van der Waals surface area contributed by atoms with Crippen molar-refractivity contribution in [3.63, 3.8) is 0 Å². The molecular weight excluding hydrogens is 479 g/mol. The molecule has 34 heavy (non-hydrogen) atoms. The number of nitrogens with one attached hydrogen (secondary N) is 1. The first-order chi connectivity index (χ1) is 16.3. The summed E-state index contributed by atoms with van der Waals surface area (Å²) in [7, 11) is -3.68. The highest BCUT2D eigenvalue weighted by Gasteiger charge is 2.33. The molecule has 1 amide bonds. The van der Waals surface area contributed by atoms with Gasteiger partial charge >= 0.3 is 0 Å². The van der Waals surface area contributed by atoms with Crippen LogP contribution in [0.3, 0.4) is 0 Å². The number of aryl methyl sites for hydroxylation is 1. The molecule has 0 unspecified atom stereocenters. The molecule has 2 aliphatic rings. The quantitative estimate of drug-likeness (QED) is 0.528. The van der Waals surface area contributed by atoms with E-state index >= 15 is 0 Å². The molecule has 5 rings (SSSR count). The smallest absolute Gasteiger partial charge is 0.252 e. The summed E-state index contributed by atoms with van der Waals surface area (Å²) >= 11 is 1.13. The van der Waals surface area contributed by atoms with Crippen LogP contribution in [0.15, 0.2) is 38.4 Å². The molecule has 1 aliphatic carbocycles. The summed E-state index contributed by atoms with van der Waals surface area (Å²) in [6, 6.07) is 5.79. The summed E-state index contributed by atoms with van der Waals surface area (Å²) in [6.45, 7) is 2.24. The van der Waals surface area contributed by atoms with Gasteiger partial charge in [0.25, 0.3) is 10.0 Å². The fourth-order valence-corrected chi connectivity index (χ4v) is 7.01. The van der Waals surface area contributed by atoms with Gasteiger partial charge < -0.3 is 9.84 Å². The zero-order valence-corrected chi connectivity index (χ0v) is 20.3. The van der Waals surface area contributed by atoms with Crippen LogP contribution in [0.5, 0.6) is 0 Å². The monoisotopic (exact) mass is 504 g/mol. The van der Waals surface area contributed by atoms with Crippen LogP contribution in [-0.4, -0.2) is 41.9 Å². The zero-order valence-electron chi connectivity index (χ0n) is 18.7. The number of halogens is 1. The lowest BCUT2D eigenvalue weighted by Gasteiger charge is -2.30. The van der Waals surface area contributed by atoms with Crippen LogP contribution in [0.1, 0.15) is 49.5 Å². The first-order valence-corrected chi connectivity index (χ1v) is 13.6. The van der Waals surface area contributed by atoms with Gasteiger partial charge in [0.05, 0.1) is 0 Å². The average molecular weight is 505 g/mol. The van der Waals surface area contributed by atoms with Crippen LogP contribution in [0, 0.1) is 18.7 Å². The van der Waals surface area contributed by atoms with Crippen molar-refractivity contribution in [2.45, 2.75) is 49.2 Å². The van der Waals surface area contributed by atoms with Crippen LogP contribution in [0.25, 0.3) is 11.4 Å². The SMILES string of the molecule is Cc1cc(F)ccc1NC(=O)C1CCN(S(=O)(=O)c2cc(-c3noc(C4CCC4)n3)cs2)CC1. The Hall–Kier alpha value is -2.63. The number of benzene rings is 1. The third kappa shape index (κ3) is 4.51. The summed E-state index contributed by atoms with van der Waals surface area (Å²) in [5.41, 5.74) is 1.83. The van der Waals surface area contributed by atoms with Gasteiger partial charge in [0.15, 0.2) is 0 Å². The third-order valence-corrected chi connectivity index (χ3v) is 9.91. The molecule has 1 saturated carbocycles. The minimum atomic E-state index is -3.68. The number of anilines is 1. The van der Waals surface area contributed by atoms with Crippen LogP contribution in [0.4, 0.5) is 10.1 Å². The molecule has 3 aromatic rings. The average Bonchev–Trinajstić information content (AvgIpc) is 3.45. The second-order valence-corrected chi connectivity index (χ2v) is 11.9. The van der Waals surface area contributed by atoms with Gasteiger partial charge in [-0.3, -0.25) is 4.79 Å². The molecule has 2 fully saturated rings. The summed E-state index contributed by atoms with van der Waals surface area (Å²) in [5.74, 6) is 0.500. The van der Waals surface area contributed by atoms with Crippen LogP contribution < -0.4 is 5.32 Å². The van der Waals surface area contributed by atoms with Gasteiger partial charge in [0.2, 0.25) is 17.6 Å². The van der Waals surface area contributed by atoms with E-state index in [1.165, 1.54) is 22.5 Å². The number of carbonyl (C=O) groups excluding carboxylic acids is 1. The van der Waals surface area contributed by atoms with E-state index in [2.05, 4.69) is 15.5 Å². The lowest BCUT2D eigenvalue weighted by molar-refractivity contribution is -0.120. The number of rotatable bonds is 6. The van der Waals surface area contributed by atoms with E-state index < -0.39 is 10.0 Å². The number of hydrogen-bond donors (Lipinski definition) is 1. The molecule has 0 atom stereocenters. The Morgan fingerprint density at radius 1 is 1.21 bits per heavy atom. The summed E-state index contributed by atoms with van der Waals surface area (Å²) < 4.78 is 46.7. The number of carbonyl (C=O) groups is 1. The first-order valence-electron chi connectivity index (χ1n) is 11.3. The molecule has 1 N–H and O–H groups in total. The number of piperidine rings is 1. The van der Waals surface area contributed by atoms with Crippen molar-refractivity contribution < 1.29 is 22.1 Å². The highest BCUT2D eigenvalue weighted by molar-refractivity contribution is 7.91. The predicted octanol–water partition coefficient (Wildman–Crippen LogP) is 4.55. The van der Waals surface area contributed by atoms with Crippen molar-refractivity contribution in [1.29, 1.82) is 0 Å². The van der Waals surface area contributed by atoms with Gasteiger partial charge in [-0.1, -0.05) is 11.6 Å². The standard InChI is InChI=1S/C23H25FN4O4S2/c1-14-11-18(24)5-6-19(14)25-22(29)15-7-9-28(10-8-15)34(30,31)20-12-17(13-33-20)21-26-23(32-27-21)16-3-2-4-16/h5-6,11-13,15-16H,2-4,7-10H2,1H3,(H,25,29). The van der Waals surface area contributed by atoms with Crippen molar-refractivity contribution in [3.05, 3.63) is 46.9 Å². The van der Waals surface area contributed by atoms with Crippen molar-refractivity contribution in [2.75, 3.05) is 18.4 Å². The minimum absolute atomic E-state index is 0.176. The van der Waals surface area contributed by atoms with Crippen molar-refractivity contribution in [3.8, 4) is 11.4 Å². The van der Waals surface area contributed by atoms with Crippen LogP contribution >= 0.6 is 11.3 Å². The van der Waals surface area contributed by atoms with Gasteiger partial charge in [0.1, 0.15) is 10.0 Å². The fourth-order valence-electron chi connectivity index (χ4n) is 4.23. The second-order valence-electron chi connectivity index (χ2n) is 8.87. The first kappa shape index (κ1) is 23.1. The lowest BCUT2D eigenvalue weighted by Crippen LogP contribution is -2.41. The van der Waals surface area contributed by atoms with Crippen molar-refractivity contribution in [1.82, 2.24) is 14.4 Å². The third-order valence-electron chi connectivity index (χ3n) is 6.59. The van der Waals surface area contributed by atoms with Gasteiger partial charge in [-0.2, -0.15) is 9.29 Å². The molecule has 0 bridgehead atoms. The predicted molar refractivity (Wildman–Crippen MR) is 125 cm³/mol. The lowest BCUT2D eigenvalue weighted by atomic mass is 9.85. The Morgan fingerprint density at radius 3 is 2.65 bits per heavy atom. The second kappa shape index (κ2) is 9.20. The van der Waals surface area contributed by atoms with Crippen LogP contribution in [-0.2, 0) is 14.8 Å². The molecule has 180 valence electrons. The highest BCUT2D eigenvalue weighted by atomic mass is 32.2. The molecule has 1 saturated heterocycles. The van der Waals surface area contributed by atoms with Gasteiger partial charge in [-0.15, -0.1) is 11.3 Å². The number of aromatic nitrogens is 2. The Bertz CT molecular complexity index is 1310. The Labute approximate surface area is 201 Å². The number of nitrogens with zero attached hydrogens (tertiary/aromatic N) is 3. The van der Waals surface area contributed by atoms with Gasteiger partial charge in [-0.25, -0.2) is 12.8 Å². The Kier molecular flexibility index (Phi) is 6.26. The molecule has 1 aliphatic heterocycles. The number of hydrogen-bond acceptors (Lipinski definition) is 7. The molecule has 0 radical (unpaired) electrons. The maximum Gasteiger partial charge on any atom is 0.252 e. The maximum atomic E-state index is 13.3. The fraction of sp³-hybridized carbons (Fsp3) is 0.435. The van der Waals surface area contributed by atoms with Crippen molar-refractivity contribution >= 4 is 33.0 Å².